The van der Waals surface area contributed by atoms with E-state index in [1.807, 2.05) is 24.5 Å². The van der Waals surface area contributed by atoms with Gasteiger partial charge in [0.15, 0.2) is 10.8 Å². The van der Waals surface area contributed by atoms with Crippen molar-refractivity contribution < 1.29 is 4.74 Å². The molecule has 3 aromatic heterocycles. The predicted octanol–water partition coefficient (Wildman–Crippen LogP) is 2.54. The van der Waals surface area contributed by atoms with Crippen LogP contribution in [0.1, 0.15) is 17.7 Å². The van der Waals surface area contributed by atoms with Crippen LogP contribution in [0.5, 0.6) is 5.88 Å². The number of aryl methyl sites for hydroxylation is 1. The van der Waals surface area contributed by atoms with Gasteiger partial charge in [-0.3, -0.25) is 0 Å². The van der Waals surface area contributed by atoms with Gasteiger partial charge in [0.05, 0.1) is 6.20 Å². The molecule has 0 saturated carbocycles. The summed E-state index contributed by atoms with van der Waals surface area (Å²) >= 11 is 1.75. The second-order valence-electron chi connectivity index (χ2n) is 5.46. The van der Waals surface area contributed by atoms with E-state index in [1.165, 1.54) is 4.88 Å². The highest BCUT2D eigenvalue weighted by Crippen LogP contribution is 2.26. The Hall–Kier alpha value is -2.15. The SMILES string of the molecule is Cc1cnc(N2CCC(Oc3ccn4nccc4n3)CC2)s1. The Morgan fingerprint density at radius 1 is 1.27 bits per heavy atom. The van der Waals surface area contributed by atoms with Crippen LogP contribution in [0, 0.1) is 6.92 Å². The highest BCUT2D eigenvalue weighted by molar-refractivity contribution is 7.15. The molecule has 1 aliphatic heterocycles. The van der Waals surface area contributed by atoms with Crippen molar-refractivity contribution in [2.24, 2.45) is 0 Å². The number of nitrogens with zero attached hydrogens (tertiary/aromatic N) is 5. The van der Waals surface area contributed by atoms with Gasteiger partial charge in [-0.2, -0.15) is 10.1 Å². The molecule has 4 rings (SSSR count). The fourth-order valence-corrected chi connectivity index (χ4v) is 3.50. The molecule has 22 heavy (non-hydrogen) atoms. The smallest absolute Gasteiger partial charge is 0.217 e. The topological polar surface area (TPSA) is 55.6 Å². The molecular formula is C15H17N5OS. The zero-order valence-electron chi connectivity index (χ0n) is 12.3. The molecule has 114 valence electrons. The zero-order valence-corrected chi connectivity index (χ0v) is 13.2. The summed E-state index contributed by atoms with van der Waals surface area (Å²) in [7, 11) is 0. The molecule has 3 aromatic rings. The summed E-state index contributed by atoms with van der Waals surface area (Å²) in [4.78, 5) is 12.5. The van der Waals surface area contributed by atoms with E-state index in [0.29, 0.717) is 5.88 Å². The van der Waals surface area contributed by atoms with Gasteiger partial charge < -0.3 is 9.64 Å². The van der Waals surface area contributed by atoms with Gasteiger partial charge >= 0.3 is 0 Å². The van der Waals surface area contributed by atoms with Gasteiger partial charge in [-0.15, -0.1) is 11.3 Å². The highest BCUT2D eigenvalue weighted by Gasteiger charge is 2.22. The van der Waals surface area contributed by atoms with E-state index < -0.39 is 0 Å². The summed E-state index contributed by atoms with van der Waals surface area (Å²) in [5.41, 5.74) is 0.813. The minimum Gasteiger partial charge on any atom is -0.474 e. The van der Waals surface area contributed by atoms with Crippen molar-refractivity contribution in [1.29, 1.82) is 0 Å². The first-order chi connectivity index (χ1) is 10.8. The van der Waals surface area contributed by atoms with E-state index in [0.717, 1.165) is 36.7 Å². The number of hydrogen-bond acceptors (Lipinski definition) is 6. The van der Waals surface area contributed by atoms with Crippen LogP contribution < -0.4 is 9.64 Å². The average molecular weight is 315 g/mol. The molecule has 0 aliphatic carbocycles. The standard InChI is InChI=1S/C15H17N5OS/c1-11-10-16-15(22-11)19-7-3-12(4-8-19)21-14-5-9-20-13(18-14)2-6-17-20/h2,5-6,9-10,12H,3-4,7-8H2,1H3. The summed E-state index contributed by atoms with van der Waals surface area (Å²) < 4.78 is 7.76. The number of hydrogen-bond donors (Lipinski definition) is 0. The Bertz CT molecular complexity index is 775. The molecule has 1 saturated heterocycles. The molecule has 0 amide bonds. The molecule has 0 N–H and O–H groups in total. The van der Waals surface area contributed by atoms with Crippen molar-refractivity contribution in [3.8, 4) is 5.88 Å². The highest BCUT2D eigenvalue weighted by atomic mass is 32.1. The number of anilines is 1. The van der Waals surface area contributed by atoms with E-state index in [4.69, 9.17) is 4.74 Å². The molecular weight excluding hydrogens is 298 g/mol. The van der Waals surface area contributed by atoms with Crippen LogP contribution in [0.25, 0.3) is 5.65 Å². The molecule has 4 heterocycles. The summed E-state index contributed by atoms with van der Waals surface area (Å²) in [6.07, 6.45) is 7.75. The lowest BCUT2D eigenvalue weighted by Gasteiger charge is -2.31. The van der Waals surface area contributed by atoms with E-state index in [-0.39, 0.29) is 6.10 Å². The molecule has 0 aromatic carbocycles. The van der Waals surface area contributed by atoms with Gasteiger partial charge in [0.25, 0.3) is 0 Å². The molecule has 1 aliphatic rings. The zero-order chi connectivity index (χ0) is 14.9. The summed E-state index contributed by atoms with van der Waals surface area (Å²) in [5.74, 6) is 0.677. The molecule has 0 atom stereocenters. The monoisotopic (exact) mass is 315 g/mol. The van der Waals surface area contributed by atoms with Crippen LogP contribution in [0.15, 0.2) is 30.7 Å². The van der Waals surface area contributed by atoms with Crippen molar-refractivity contribution in [3.63, 3.8) is 0 Å². The lowest BCUT2D eigenvalue weighted by Crippen LogP contribution is -2.38. The van der Waals surface area contributed by atoms with Gasteiger partial charge in [0.1, 0.15) is 6.10 Å². The third kappa shape index (κ3) is 2.64. The number of fused-ring (bicyclic) bond motifs is 1. The molecule has 6 nitrogen and oxygen atoms in total. The van der Waals surface area contributed by atoms with Crippen LogP contribution in [-0.2, 0) is 0 Å². The maximum absolute atomic E-state index is 6.03. The second kappa shape index (κ2) is 5.57. The summed E-state index contributed by atoms with van der Waals surface area (Å²) in [5, 5.41) is 5.26. The lowest BCUT2D eigenvalue weighted by molar-refractivity contribution is 0.164. The maximum Gasteiger partial charge on any atom is 0.217 e. The van der Waals surface area contributed by atoms with Gasteiger partial charge in [-0.05, 0) is 6.92 Å². The fraction of sp³-hybridized carbons (Fsp3) is 0.400. The second-order valence-corrected chi connectivity index (χ2v) is 6.67. The molecule has 0 radical (unpaired) electrons. The average Bonchev–Trinajstić information content (AvgIpc) is 3.16. The quantitative estimate of drug-likeness (QED) is 0.743. The maximum atomic E-state index is 6.03. The molecule has 1 fully saturated rings. The Morgan fingerprint density at radius 2 is 2.14 bits per heavy atom. The Morgan fingerprint density at radius 3 is 2.91 bits per heavy atom. The van der Waals surface area contributed by atoms with Crippen molar-refractivity contribution in [1.82, 2.24) is 19.6 Å². The molecule has 0 spiro atoms. The summed E-state index contributed by atoms with van der Waals surface area (Å²) in [6.45, 7) is 4.05. The fourth-order valence-electron chi connectivity index (χ4n) is 2.69. The van der Waals surface area contributed by atoms with E-state index in [1.54, 1.807) is 22.0 Å². The third-order valence-electron chi connectivity index (χ3n) is 3.84. The largest absolute Gasteiger partial charge is 0.474 e. The van der Waals surface area contributed by atoms with Gasteiger partial charge in [0, 0.05) is 55.3 Å². The number of aromatic nitrogens is 4. The van der Waals surface area contributed by atoms with Crippen LogP contribution in [-0.4, -0.2) is 38.8 Å². The van der Waals surface area contributed by atoms with Gasteiger partial charge in [-0.1, -0.05) is 0 Å². The Balaban J connectivity index is 1.39. The normalized spacial score (nSPS) is 16.3. The number of ether oxygens (including phenoxy) is 1. The van der Waals surface area contributed by atoms with Gasteiger partial charge in [-0.25, -0.2) is 9.50 Å². The van der Waals surface area contributed by atoms with Crippen LogP contribution in [0.4, 0.5) is 5.13 Å². The number of rotatable bonds is 3. The van der Waals surface area contributed by atoms with E-state index in [2.05, 4.69) is 26.9 Å². The van der Waals surface area contributed by atoms with Crippen molar-refractivity contribution in [2.75, 3.05) is 18.0 Å². The van der Waals surface area contributed by atoms with E-state index >= 15 is 0 Å². The Labute approximate surface area is 132 Å². The lowest BCUT2D eigenvalue weighted by atomic mass is 10.1. The van der Waals surface area contributed by atoms with Crippen LogP contribution >= 0.6 is 11.3 Å². The minimum atomic E-state index is 0.218. The van der Waals surface area contributed by atoms with Crippen molar-refractivity contribution in [3.05, 3.63) is 35.6 Å². The minimum absolute atomic E-state index is 0.218. The van der Waals surface area contributed by atoms with Crippen molar-refractivity contribution in [2.45, 2.75) is 25.9 Å². The number of thiazole rings is 1. The summed E-state index contributed by atoms with van der Waals surface area (Å²) in [6, 6.07) is 3.75. The third-order valence-corrected chi connectivity index (χ3v) is 4.82. The molecule has 0 unspecified atom stereocenters. The molecule has 0 bridgehead atoms. The van der Waals surface area contributed by atoms with Crippen molar-refractivity contribution >= 4 is 22.1 Å². The number of piperidine rings is 1. The van der Waals surface area contributed by atoms with E-state index in [9.17, 15) is 0 Å². The van der Waals surface area contributed by atoms with Crippen LogP contribution in [0.2, 0.25) is 0 Å². The molecule has 7 heteroatoms. The first-order valence-corrected chi connectivity index (χ1v) is 8.24. The van der Waals surface area contributed by atoms with Gasteiger partial charge in [0.2, 0.25) is 5.88 Å². The first kappa shape index (κ1) is 13.5. The Kier molecular flexibility index (Phi) is 3.42. The predicted molar refractivity (Wildman–Crippen MR) is 85.7 cm³/mol. The van der Waals surface area contributed by atoms with Crippen LogP contribution in [0.3, 0.4) is 0 Å². The first-order valence-electron chi connectivity index (χ1n) is 7.42.